The Bertz CT molecular complexity index is 1090. The van der Waals surface area contributed by atoms with Crippen LogP contribution >= 0.6 is 22.6 Å². The molecule has 0 aliphatic heterocycles. The first-order valence-electron chi connectivity index (χ1n) is 9.98. The summed E-state index contributed by atoms with van der Waals surface area (Å²) in [4.78, 5) is 4.49. The predicted molar refractivity (Wildman–Crippen MR) is 129 cm³/mol. The highest BCUT2D eigenvalue weighted by Gasteiger charge is 2.19. The minimum Gasteiger partial charge on any atom is -0.484 e. The van der Waals surface area contributed by atoms with Crippen molar-refractivity contribution < 1.29 is 14.2 Å². The average Bonchev–Trinajstić information content (AvgIpc) is 2.83. The highest BCUT2D eigenvalue weighted by molar-refractivity contribution is 14.1. The van der Waals surface area contributed by atoms with Gasteiger partial charge in [-0.05, 0) is 39.3 Å². The molecular weight excluding hydrogens is 501 g/mol. The van der Waals surface area contributed by atoms with Crippen molar-refractivity contribution >= 4 is 22.6 Å². The monoisotopic (exact) mass is 523 g/mol. The Labute approximate surface area is 196 Å². The Morgan fingerprint density at radius 2 is 0.968 bits per heavy atom. The highest BCUT2D eigenvalue weighted by Crippen LogP contribution is 2.40. The van der Waals surface area contributed by atoms with Gasteiger partial charge in [0.15, 0.2) is 5.75 Å². The van der Waals surface area contributed by atoms with Crippen LogP contribution in [0, 0.1) is 3.57 Å². The number of nitrogens with zero attached hydrogens (tertiary/aromatic N) is 1. The van der Waals surface area contributed by atoms with Crippen LogP contribution in [0.25, 0.3) is 0 Å². The second-order valence-corrected chi connectivity index (χ2v) is 8.05. The second kappa shape index (κ2) is 10.8. The number of benzene rings is 3. The largest absolute Gasteiger partial charge is 0.484 e. The third kappa shape index (κ3) is 5.98. The molecule has 0 fully saturated rings. The summed E-state index contributed by atoms with van der Waals surface area (Å²) in [6, 6.07) is 30.1. The van der Waals surface area contributed by atoms with Gasteiger partial charge in [0.1, 0.15) is 19.8 Å². The molecule has 0 unspecified atom stereocenters. The molecule has 0 amide bonds. The summed E-state index contributed by atoms with van der Waals surface area (Å²) in [6.45, 7) is 1.22. The number of hydrogen-bond donors (Lipinski definition) is 0. The SMILES string of the molecule is Ic1cnc(OCc2ccccc2)c(OCc2ccccc2)c1OCc1ccccc1. The van der Waals surface area contributed by atoms with Gasteiger partial charge in [-0.25, -0.2) is 4.98 Å². The van der Waals surface area contributed by atoms with Crippen LogP contribution < -0.4 is 14.2 Å². The van der Waals surface area contributed by atoms with Crippen LogP contribution in [0.15, 0.2) is 97.2 Å². The van der Waals surface area contributed by atoms with Gasteiger partial charge in [0.2, 0.25) is 5.75 Å². The van der Waals surface area contributed by atoms with E-state index >= 15 is 0 Å². The summed E-state index contributed by atoms with van der Waals surface area (Å²) in [5.74, 6) is 1.57. The van der Waals surface area contributed by atoms with E-state index in [-0.39, 0.29) is 0 Å². The molecule has 1 aromatic heterocycles. The van der Waals surface area contributed by atoms with E-state index in [1.54, 1.807) is 6.20 Å². The van der Waals surface area contributed by atoms with E-state index in [2.05, 4.69) is 27.6 Å². The maximum Gasteiger partial charge on any atom is 0.261 e. The number of pyridine rings is 1. The van der Waals surface area contributed by atoms with Crippen LogP contribution in [0.5, 0.6) is 17.4 Å². The molecule has 5 heteroatoms. The van der Waals surface area contributed by atoms with Crippen molar-refractivity contribution in [1.82, 2.24) is 4.98 Å². The molecule has 0 bridgehead atoms. The number of ether oxygens (including phenoxy) is 3. The normalized spacial score (nSPS) is 10.5. The molecule has 0 spiro atoms. The fraction of sp³-hybridized carbons (Fsp3) is 0.115. The lowest BCUT2D eigenvalue weighted by molar-refractivity contribution is 0.222. The highest BCUT2D eigenvalue weighted by atomic mass is 127. The third-order valence-corrected chi connectivity index (χ3v) is 5.35. The zero-order valence-corrected chi connectivity index (χ0v) is 19.1. The van der Waals surface area contributed by atoms with Crippen molar-refractivity contribution in [2.45, 2.75) is 19.8 Å². The molecule has 0 saturated heterocycles. The van der Waals surface area contributed by atoms with Crippen LogP contribution in [0.2, 0.25) is 0 Å². The van der Waals surface area contributed by atoms with Gasteiger partial charge in [0.25, 0.3) is 5.88 Å². The number of halogens is 1. The minimum absolute atomic E-state index is 0.395. The van der Waals surface area contributed by atoms with Gasteiger partial charge >= 0.3 is 0 Å². The Hall–Kier alpha value is -3.06. The zero-order chi connectivity index (χ0) is 21.3. The summed E-state index contributed by atoms with van der Waals surface area (Å²) in [5, 5.41) is 0. The minimum atomic E-state index is 0.395. The molecule has 0 aliphatic carbocycles. The van der Waals surface area contributed by atoms with Crippen molar-refractivity contribution in [1.29, 1.82) is 0 Å². The van der Waals surface area contributed by atoms with Crippen molar-refractivity contribution in [3.63, 3.8) is 0 Å². The molecule has 0 saturated carbocycles. The molecule has 0 atom stereocenters. The molecule has 1 heterocycles. The van der Waals surface area contributed by atoms with Crippen molar-refractivity contribution in [3.05, 3.63) is 117 Å². The van der Waals surface area contributed by atoms with Gasteiger partial charge in [0, 0.05) is 6.20 Å². The molecule has 4 rings (SSSR count). The molecule has 156 valence electrons. The van der Waals surface area contributed by atoms with Crippen LogP contribution in [0.3, 0.4) is 0 Å². The van der Waals surface area contributed by atoms with Crippen molar-refractivity contribution in [2.75, 3.05) is 0 Å². The lowest BCUT2D eigenvalue weighted by Crippen LogP contribution is -2.06. The molecule has 31 heavy (non-hydrogen) atoms. The van der Waals surface area contributed by atoms with Gasteiger partial charge < -0.3 is 14.2 Å². The Morgan fingerprint density at radius 3 is 1.45 bits per heavy atom. The van der Waals surface area contributed by atoms with E-state index in [9.17, 15) is 0 Å². The first-order chi connectivity index (χ1) is 15.3. The van der Waals surface area contributed by atoms with Crippen molar-refractivity contribution in [3.8, 4) is 17.4 Å². The van der Waals surface area contributed by atoms with E-state index in [1.807, 2.05) is 91.0 Å². The van der Waals surface area contributed by atoms with E-state index < -0.39 is 0 Å². The van der Waals surface area contributed by atoms with E-state index in [1.165, 1.54) is 0 Å². The Balaban J connectivity index is 1.59. The smallest absolute Gasteiger partial charge is 0.261 e. The summed E-state index contributed by atoms with van der Waals surface area (Å²) < 4.78 is 19.3. The quantitative estimate of drug-likeness (QED) is 0.238. The van der Waals surface area contributed by atoms with E-state index in [0.29, 0.717) is 37.2 Å². The van der Waals surface area contributed by atoms with Crippen molar-refractivity contribution in [2.24, 2.45) is 0 Å². The average molecular weight is 523 g/mol. The van der Waals surface area contributed by atoms with Gasteiger partial charge in [-0.15, -0.1) is 0 Å². The van der Waals surface area contributed by atoms with Crippen LogP contribution in [-0.4, -0.2) is 4.98 Å². The molecule has 0 radical (unpaired) electrons. The number of hydrogen-bond acceptors (Lipinski definition) is 4. The maximum absolute atomic E-state index is 6.19. The summed E-state index contributed by atoms with van der Waals surface area (Å²) in [6.07, 6.45) is 1.75. The van der Waals surface area contributed by atoms with Crippen LogP contribution in [0.1, 0.15) is 16.7 Å². The lowest BCUT2D eigenvalue weighted by atomic mass is 10.2. The summed E-state index contributed by atoms with van der Waals surface area (Å²) >= 11 is 2.22. The maximum atomic E-state index is 6.19. The number of rotatable bonds is 9. The van der Waals surface area contributed by atoms with Crippen LogP contribution in [0.4, 0.5) is 0 Å². The summed E-state index contributed by atoms with van der Waals surface area (Å²) in [5.41, 5.74) is 3.20. The van der Waals surface area contributed by atoms with E-state index in [4.69, 9.17) is 14.2 Å². The fourth-order valence-electron chi connectivity index (χ4n) is 2.99. The van der Waals surface area contributed by atoms with Gasteiger partial charge in [-0.2, -0.15) is 0 Å². The predicted octanol–water partition coefficient (Wildman–Crippen LogP) is 6.42. The standard InChI is InChI=1S/C26H22INO3/c27-23-16-28-26(31-19-22-14-8-3-9-15-22)25(30-18-21-12-6-2-7-13-21)24(23)29-17-20-10-4-1-5-11-20/h1-16H,17-19H2. The lowest BCUT2D eigenvalue weighted by Gasteiger charge is -2.17. The first kappa shape index (κ1) is 21.2. The molecule has 0 aliphatic rings. The third-order valence-electron chi connectivity index (χ3n) is 4.58. The molecule has 4 aromatic rings. The van der Waals surface area contributed by atoms with Gasteiger partial charge in [0.05, 0.1) is 3.57 Å². The van der Waals surface area contributed by atoms with Gasteiger partial charge in [-0.3, -0.25) is 0 Å². The molecule has 3 aromatic carbocycles. The Kier molecular flexibility index (Phi) is 7.39. The Morgan fingerprint density at radius 1 is 0.548 bits per heavy atom. The molecular formula is C26H22INO3. The first-order valence-corrected chi connectivity index (χ1v) is 11.1. The number of aromatic nitrogens is 1. The molecule has 0 N–H and O–H groups in total. The van der Waals surface area contributed by atoms with Gasteiger partial charge in [-0.1, -0.05) is 91.0 Å². The molecule has 4 nitrogen and oxygen atoms in total. The topological polar surface area (TPSA) is 40.6 Å². The van der Waals surface area contributed by atoms with Crippen LogP contribution in [-0.2, 0) is 19.8 Å². The fourth-order valence-corrected chi connectivity index (χ4v) is 3.53. The second-order valence-electron chi connectivity index (χ2n) is 6.89. The van der Waals surface area contributed by atoms with E-state index in [0.717, 1.165) is 20.3 Å². The zero-order valence-electron chi connectivity index (χ0n) is 16.9. The summed E-state index contributed by atoms with van der Waals surface area (Å²) in [7, 11) is 0.